The minimum absolute atomic E-state index is 0.539. The molecule has 0 fully saturated rings. The van der Waals surface area contributed by atoms with Crippen molar-refractivity contribution in [3.63, 3.8) is 0 Å². The molecule has 0 aliphatic heterocycles. The van der Waals surface area contributed by atoms with E-state index in [4.69, 9.17) is 11.6 Å². The number of halogens is 2. The maximum Gasteiger partial charge on any atom is 0.0841 e. The van der Waals surface area contributed by atoms with Crippen LogP contribution in [0.15, 0.2) is 42.7 Å². The molecule has 0 radical (unpaired) electrons. The topological polar surface area (TPSA) is 33.1 Å². The Hall–Kier alpha value is -0.650. The van der Waals surface area contributed by atoms with E-state index in [2.05, 4.69) is 27.6 Å². The summed E-state index contributed by atoms with van der Waals surface area (Å²) in [6.07, 6.45) is 3.48. The van der Waals surface area contributed by atoms with Crippen molar-refractivity contribution in [1.82, 2.24) is 4.98 Å². The van der Waals surface area contributed by atoms with Crippen LogP contribution < -0.4 is 0 Å². The molecule has 0 saturated carbocycles. The molecular weight excluding hydrogens is 349 g/mol. The van der Waals surface area contributed by atoms with Crippen LogP contribution in [0.2, 0.25) is 5.02 Å². The lowest BCUT2D eigenvalue weighted by atomic mass is 10.0. The van der Waals surface area contributed by atoms with E-state index >= 15 is 0 Å². The molecule has 0 saturated heterocycles. The molecule has 4 heteroatoms. The van der Waals surface area contributed by atoms with E-state index in [0.717, 1.165) is 14.7 Å². The molecule has 1 unspecified atom stereocenters. The highest BCUT2D eigenvalue weighted by Gasteiger charge is 2.12. The van der Waals surface area contributed by atoms with Gasteiger partial charge in [0.1, 0.15) is 0 Å². The van der Waals surface area contributed by atoms with Gasteiger partial charge in [0.25, 0.3) is 0 Å². The Balaban J connectivity index is 2.20. The van der Waals surface area contributed by atoms with Crippen LogP contribution >= 0.6 is 34.2 Å². The van der Waals surface area contributed by atoms with Crippen molar-refractivity contribution in [1.29, 1.82) is 0 Å². The standard InChI is InChI=1S/C13H11ClINO/c14-10-1-2-12(15)11(8-10)13(17)7-9-3-5-16-6-4-9/h1-6,8,13,17H,7H2. The van der Waals surface area contributed by atoms with Crippen LogP contribution in [0.1, 0.15) is 17.2 Å². The number of hydrogen-bond donors (Lipinski definition) is 1. The van der Waals surface area contributed by atoms with Gasteiger partial charge in [-0.1, -0.05) is 11.6 Å². The Morgan fingerprint density at radius 2 is 1.94 bits per heavy atom. The second kappa shape index (κ2) is 5.80. The van der Waals surface area contributed by atoms with Crippen molar-refractivity contribution in [3.05, 3.63) is 62.4 Å². The summed E-state index contributed by atoms with van der Waals surface area (Å²) in [4.78, 5) is 3.95. The average molecular weight is 360 g/mol. The number of benzene rings is 1. The van der Waals surface area contributed by atoms with Gasteiger partial charge >= 0.3 is 0 Å². The van der Waals surface area contributed by atoms with Gasteiger partial charge in [0.05, 0.1) is 6.10 Å². The van der Waals surface area contributed by atoms with Crippen molar-refractivity contribution in [2.24, 2.45) is 0 Å². The van der Waals surface area contributed by atoms with Gasteiger partial charge in [0, 0.05) is 27.4 Å². The lowest BCUT2D eigenvalue weighted by Crippen LogP contribution is -2.04. The number of aliphatic hydroxyl groups excluding tert-OH is 1. The second-order valence-electron chi connectivity index (χ2n) is 3.74. The molecule has 17 heavy (non-hydrogen) atoms. The van der Waals surface area contributed by atoms with Crippen LogP contribution in [-0.4, -0.2) is 10.1 Å². The van der Waals surface area contributed by atoms with E-state index in [1.807, 2.05) is 30.3 Å². The molecule has 0 spiro atoms. The molecule has 0 aliphatic rings. The van der Waals surface area contributed by atoms with Crippen LogP contribution in [0, 0.1) is 3.57 Å². The first-order chi connectivity index (χ1) is 8.16. The molecule has 1 N–H and O–H groups in total. The van der Waals surface area contributed by atoms with Crippen LogP contribution in [0.25, 0.3) is 0 Å². The summed E-state index contributed by atoms with van der Waals surface area (Å²) < 4.78 is 1.02. The lowest BCUT2D eigenvalue weighted by molar-refractivity contribution is 0.177. The van der Waals surface area contributed by atoms with E-state index in [1.54, 1.807) is 12.4 Å². The Bertz CT molecular complexity index is 504. The van der Waals surface area contributed by atoms with Crippen molar-refractivity contribution in [2.75, 3.05) is 0 Å². The maximum absolute atomic E-state index is 10.2. The highest BCUT2D eigenvalue weighted by molar-refractivity contribution is 14.1. The molecule has 1 heterocycles. The van der Waals surface area contributed by atoms with Crippen molar-refractivity contribution < 1.29 is 5.11 Å². The van der Waals surface area contributed by atoms with Crippen molar-refractivity contribution in [3.8, 4) is 0 Å². The first kappa shape index (κ1) is 12.8. The van der Waals surface area contributed by atoms with E-state index in [1.165, 1.54) is 0 Å². The summed E-state index contributed by atoms with van der Waals surface area (Å²) in [5, 5.41) is 10.8. The summed E-state index contributed by atoms with van der Waals surface area (Å²) in [7, 11) is 0. The third-order valence-electron chi connectivity index (χ3n) is 2.50. The summed E-state index contributed by atoms with van der Waals surface area (Å²) in [6, 6.07) is 9.36. The molecule has 0 amide bonds. The number of pyridine rings is 1. The van der Waals surface area contributed by atoms with Crippen LogP contribution in [0.4, 0.5) is 0 Å². The monoisotopic (exact) mass is 359 g/mol. The second-order valence-corrected chi connectivity index (χ2v) is 5.34. The molecule has 1 aromatic heterocycles. The van der Waals surface area contributed by atoms with Gasteiger partial charge in [0.15, 0.2) is 0 Å². The molecule has 88 valence electrons. The highest BCUT2D eigenvalue weighted by atomic mass is 127. The first-order valence-corrected chi connectivity index (χ1v) is 6.64. The minimum Gasteiger partial charge on any atom is -0.388 e. The van der Waals surface area contributed by atoms with E-state index in [0.29, 0.717) is 11.4 Å². The zero-order valence-electron chi connectivity index (χ0n) is 8.98. The fourth-order valence-electron chi connectivity index (χ4n) is 1.62. The highest BCUT2D eigenvalue weighted by Crippen LogP contribution is 2.26. The van der Waals surface area contributed by atoms with E-state index in [9.17, 15) is 5.11 Å². The Labute approximate surface area is 119 Å². The van der Waals surface area contributed by atoms with Crippen molar-refractivity contribution in [2.45, 2.75) is 12.5 Å². The molecule has 0 aliphatic carbocycles. The zero-order valence-corrected chi connectivity index (χ0v) is 11.9. The Morgan fingerprint density at radius 3 is 2.65 bits per heavy atom. The van der Waals surface area contributed by atoms with Gasteiger partial charge < -0.3 is 5.11 Å². The maximum atomic E-state index is 10.2. The zero-order chi connectivity index (χ0) is 12.3. The van der Waals surface area contributed by atoms with Gasteiger partial charge in [-0.05, 0) is 64.0 Å². The van der Waals surface area contributed by atoms with Gasteiger partial charge in [0.2, 0.25) is 0 Å². The van der Waals surface area contributed by atoms with Crippen LogP contribution in [-0.2, 0) is 6.42 Å². The molecule has 2 nitrogen and oxygen atoms in total. The number of aromatic nitrogens is 1. The van der Waals surface area contributed by atoms with Gasteiger partial charge in [-0.25, -0.2) is 0 Å². The first-order valence-electron chi connectivity index (χ1n) is 5.19. The van der Waals surface area contributed by atoms with E-state index < -0.39 is 6.10 Å². The number of hydrogen-bond acceptors (Lipinski definition) is 2. The lowest BCUT2D eigenvalue weighted by Gasteiger charge is -2.13. The van der Waals surface area contributed by atoms with Gasteiger partial charge in [-0.3, -0.25) is 4.98 Å². The van der Waals surface area contributed by atoms with Crippen LogP contribution in [0.5, 0.6) is 0 Å². The summed E-state index contributed by atoms with van der Waals surface area (Å²) in [5.74, 6) is 0. The third-order valence-corrected chi connectivity index (χ3v) is 3.71. The smallest absolute Gasteiger partial charge is 0.0841 e. The minimum atomic E-state index is -0.539. The van der Waals surface area contributed by atoms with Crippen molar-refractivity contribution >= 4 is 34.2 Å². The number of nitrogens with zero attached hydrogens (tertiary/aromatic N) is 1. The molecule has 1 aromatic carbocycles. The molecule has 2 rings (SSSR count). The van der Waals surface area contributed by atoms with E-state index in [-0.39, 0.29) is 0 Å². The van der Waals surface area contributed by atoms with Gasteiger partial charge in [-0.2, -0.15) is 0 Å². The summed E-state index contributed by atoms with van der Waals surface area (Å²) in [5.41, 5.74) is 1.93. The molecule has 0 bridgehead atoms. The number of aliphatic hydroxyl groups is 1. The summed E-state index contributed by atoms with van der Waals surface area (Å²) in [6.45, 7) is 0. The molecular formula is C13H11ClINO. The SMILES string of the molecule is OC(Cc1ccncc1)c1cc(Cl)ccc1I. The predicted octanol–water partition coefficient (Wildman–Crippen LogP) is 3.62. The average Bonchev–Trinajstić information content (AvgIpc) is 2.33. The Morgan fingerprint density at radius 1 is 1.24 bits per heavy atom. The van der Waals surface area contributed by atoms with Crippen LogP contribution in [0.3, 0.4) is 0 Å². The predicted molar refractivity (Wildman–Crippen MR) is 77.1 cm³/mol. The Kier molecular flexibility index (Phi) is 4.36. The molecule has 1 atom stereocenters. The fraction of sp³-hybridized carbons (Fsp3) is 0.154. The fourth-order valence-corrected chi connectivity index (χ4v) is 2.50. The number of rotatable bonds is 3. The van der Waals surface area contributed by atoms with Gasteiger partial charge in [-0.15, -0.1) is 0 Å². The quantitative estimate of drug-likeness (QED) is 0.849. The largest absolute Gasteiger partial charge is 0.388 e. The molecule has 2 aromatic rings. The third kappa shape index (κ3) is 3.40. The normalized spacial score (nSPS) is 12.4. The summed E-state index contributed by atoms with van der Waals surface area (Å²) >= 11 is 8.14.